The van der Waals surface area contributed by atoms with E-state index in [2.05, 4.69) is 5.32 Å². The van der Waals surface area contributed by atoms with E-state index in [-0.39, 0.29) is 12.3 Å². The Bertz CT molecular complexity index is 736. The fourth-order valence-electron chi connectivity index (χ4n) is 3.05. The van der Waals surface area contributed by atoms with E-state index in [0.717, 1.165) is 31.7 Å². The number of anilines is 1. The lowest BCUT2D eigenvalue weighted by Gasteiger charge is -2.21. The molecular weight excluding hydrogens is 377 g/mol. The molecule has 154 valence electrons. The first-order valence-electron chi connectivity index (χ1n) is 9.18. The summed E-state index contributed by atoms with van der Waals surface area (Å²) in [4.78, 5) is 35.6. The summed E-state index contributed by atoms with van der Waals surface area (Å²) < 4.78 is 44.6. The molecule has 1 aromatic carbocycles. The van der Waals surface area contributed by atoms with Crippen LogP contribution in [0.25, 0.3) is 0 Å². The van der Waals surface area contributed by atoms with Gasteiger partial charge in [-0.1, -0.05) is 19.3 Å². The van der Waals surface area contributed by atoms with Gasteiger partial charge in [0.05, 0.1) is 12.2 Å². The molecule has 0 bridgehead atoms. The van der Waals surface area contributed by atoms with Gasteiger partial charge in [-0.05, 0) is 37.8 Å². The second kappa shape index (κ2) is 10.1. The van der Waals surface area contributed by atoms with Crippen molar-refractivity contribution >= 4 is 23.5 Å². The van der Waals surface area contributed by atoms with E-state index >= 15 is 0 Å². The van der Waals surface area contributed by atoms with Crippen LogP contribution >= 0.6 is 0 Å². The van der Waals surface area contributed by atoms with Crippen molar-refractivity contribution in [2.24, 2.45) is 5.92 Å². The van der Waals surface area contributed by atoms with E-state index in [4.69, 9.17) is 4.74 Å². The smallest absolute Gasteiger partial charge is 0.306 e. The largest absolute Gasteiger partial charge is 0.453 e. The normalized spacial score (nSPS) is 15.6. The van der Waals surface area contributed by atoms with Crippen molar-refractivity contribution in [1.82, 2.24) is 5.32 Å². The molecule has 0 aromatic heterocycles. The third kappa shape index (κ3) is 6.24. The van der Waals surface area contributed by atoms with Crippen molar-refractivity contribution in [3.8, 4) is 0 Å². The maximum atomic E-state index is 13.5. The summed E-state index contributed by atoms with van der Waals surface area (Å²) in [5, 5.41) is 4.26. The van der Waals surface area contributed by atoms with Crippen LogP contribution in [0.3, 0.4) is 0 Å². The third-order valence-corrected chi connectivity index (χ3v) is 4.59. The first kappa shape index (κ1) is 21.7. The molecule has 1 aromatic rings. The fraction of sp³-hybridized carbons (Fsp3) is 0.526. The van der Waals surface area contributed by atoms with Gasteiger partial charge in [-0.15, -0.1) is 0 Å². The molecule has 1 unspecified atom stereocenters. The summed E-state index contributed by atoms with van der Waals surface area (Å²) in [5.41, 5.74) is -0.551. The molecule has 2 N–H and O–H groups in total. The molecule has 0 aliphatic heterocycles. The van der Waals surface area contributed by atoms with Gasteiger partial charge in [0.15, 0.2) is 23.6 Å². The number of carbonyl (C=O) groups excluding carboxylic acids is 3. The Balaban J connectivity index is 1.75. The quantitative estimate of drug-likeness (QED) is 0.544. The van der Waals surface area contributed by atoms with E-state index in [9.17, 15) is 27.6 Å². The van der Waals surface area contributed by atoms with Gasteiger partial charge in [0.2, 0.25) is 5.91 Å². The van der Waals surface area contributed by atoms with Crippen LogP contribution in [-0.2, 0) is 19.1 Å². The highest BCUT2D eigenvalue weighted by Crippen LogP contribution is 2.26. The van der Waals surface area contributed by atoms with Crippen LogP contribution in [0.4, 0.5) is 18.9 Å². The highest BCUT2D eigenvalue weighted by atomic mass is 19.2. The van der Waals surface area contributed by atoms with Crippen LogP contribution in [0.15, 0.2) is 12.1 Å². The number of halogens is 3. The average molecular weight is 400 g/mol. The number of amides is 2. The zero-order valence-corrected chi connectivity index (χ0v) is 15.5. The molecule has 1 aliphatic carbocycles. The standard InChI is InChI=1S/C19H23F3N2O4/c1-11(28-16(26)9-12-5-3-2-4-6-12)19(27)23-10-15(25)24-14-8-7-13(20)17(21)18(14)22/h7-8,11-12H,2-6,9-10H2,1H3,(H,23,27)(H,24,25). The molecule has 2 amide bonds. The molecule has 1 aliphatic rings. The molecule has 1 atom stereocenters. The lowest BCUT2D eigenvalue weighted by Crippen LogP contribution is -2.40. The zero-order chi connectivity index (χ0) is 20.7. The van der Waals surface area contributed by atoms with E-state index < -0.39 is 53.6 Å². The molecule has 1 saturated carbocycles. The first-order chi connectivity index (χ1) is 13.3. The number of hydrogen-bond acceptors (Lipinski definition) is 4. The van der Waals surface area contributed by atoms with E-state index in [1.165, 1.54) is 13.3 Å². The van der Waals surface area contributed by atoms with Gasteiger partial charge in [0, 0.05) is 6.42 Å². The van der Waals surface area contributed by atoms with E-state index in [0.29, 0.717) is 6.07 Å². The minimum absolute atomic E-state index is 0.257. The fourth-order valence-corrected chi connectivity index (χ4v) is 3.05. The van der Waals surface area contributed by atoms with Crippen LogP contribution in [-0.4, -0.2) is 30.4 Å². The number of benzene rings is 1. The Morgan fingerprint density at radius 3 is 2.46 bits per heavy atom. The molecule has 2 rings (SSSR count). The van der Waals surface area contributed by atoms with Crippen LogP contribution in [0.1, 0.15) is 45.4 Å². The number of nitrogens with one attached hydrogen (secondary N) is 2. The second-order valence-corrected chi connectivity index (χ2v) is 6.83. The lowest BCUT2D eigenvalue weighted by molar-refractivity contribution is -0.155. The molecule has 0 heterocycles. The topological polar surface area (TPSA) is 84.5 Å². The Morgan fingerprint density at radius 2 is 1.79 bits per heavy atom. The van der Waals surface area contributed by atoms with Crippen LogP contribution in [0, 0.1) is 23.4 Å². The van der Waals surface area contributed by atoms with E-state index in [1.54, 1.807) is 0 Å². The third-order valence-electron chi connectivity index (χ3n) is 4.59. The lowest BCUT2D eigenvalue weighted by atomic mass is 9.87. The summed E-state index contributed by atoms with van der Waals surface area (Å²) in [5.74, 6) is -6.37. The van der Waals surface area contributed by atoms with Crippen molar-refractivity contribution in [3.05, 3.63) is 29.6 Å². The van der Waals surface area contributed by atoms with Crippen molar-refractivity contribution < 1.29 is 32.3 Å². The highest BCUT2D eigenvalue weighted by molar-refractivity contribution is 5.95. The molecule has 0 spiro atoms. The maximum absolute atomic E-state index is 13.5. The van der Waals surface area contributed by atoms with Gasteiger partial charge < -0.3 is 15.4 Å². The number of ether oxygens (including phenoxy) is 1. The SMILES string of the molecule is CC(OC(=O)CC1CCCCC1)C(=O)NCC(=O)Nc1ccc(F)c(F)c1F. The predicted octanol–water partition coefficient (Wildman–Crippen LogP) is 3.06. The Kier molecular flexibility index (Phi) is 7.83. The summed E-state index contributed by atoms with van der Waals surface area (Å²) in [6.45, 7) is 0.822. The number of hydrogen-bond donors (Lipinski definition) is 2. The Hall–Kier alpha value is -2.58. The highest BCUT2D eigenvalue weighted by Gasteiger charge is 2.23. The number of esters is 1. The monoisotopic (exact) mass is 400 g/mol. The van der Waals surface area contributed by atoms with Gasteiger partial charge in [-0.2, -0.15) is 0 Å². The summed E-state index contributed by atoms with van der Waals surface area (Å²) >= 11 is 0. The average Bonchev–Trinajstić information content (AvgIpc) is 2.67. The molecule has 1 fully saturated rings. The van der Waals surface area contributed by atoms with Crippen LogP contribution in [0.5, 0.6) is 0 Å². The summed E-state index contributed by atoms with van der Waals surface area (Å²) in [6.07, 6.45) is 4.44. The Morgan fingerprint density at radius 1 is 1.11 bits per heavy atom. The number of rotatable bonds is 7. The van der Waals surface area contributed by atoms with Crippen molar-refractivity contribution in [1.29, 1.82) is 0 Å². The van der Waals surface area contributed by atoms with Crippen LogP contribution < -0.4 is 10.6 Å². The minimum atomic E-state index is -1.71. The first-order valence-corrected chi connectivity index (χ1v) is 9.18. The summed E-state index contributed by atoms with van der Waals surface area (Å²) in [6, 6.07) is 1.53. The summed E-state index contributed by atoms with van der Waals surface area (Å²) in [7, 11) is 0. The molecule has 6 nitrogen and oxygen atoms in total. The molecular formula is C19H23F3N2O4. The molecule has 0 saturated heterocycles. The minimum Gasteiger partial charge on any atom is -0.453 e. The van der Waals surface area contributed by atoms with E-state index in [1.807, 2.05) is 5.32 Å². The second-order valence-electron chi connectivity index (χ2n) is 6.83. The van der Waals surface area contributed by atoms with Gasteiger partial charge in [0.1, 0.15) is 0 Å². The van der Waals surface area contributed by atoms with Gasteiger partial charge in [-0.25, -0.2) is 13.2 Å². The van der Waals surface area contributed by atoms with Gasteiger partial charge >= 0.3 is 5.97 Å². The van der Waals surface area contributed by atoms with Gasteiger partial charge in [0.25, 0.3) is 5.91 Å². The zero-order valence-electron chi connectivity index (χ0n) is 15.5. The van der Waals surface area contributed by atoms with Crippen molar-refractivity contribution in [3.63, 3.8) is 0 Å². The van der Waals surface area contributed by atoms with Crippen molar-refractivity contribution in [2.45, 2.75) is 51.6 Å². The van der Waals surface area contributed by atoms with Gasteiger partial charge in [-0.3, -0.25) is 14.4 Å². The maximum Gasteiger partial charge on any atom is 0.306 e. The molecule has 0 radical (unpaired) electrons. The Labute approximate surface area is 160 Å². The predicted molar refractivity (Wildman–Crippen MR) is 94.7 cm³/mol. The molecule has 9 heteroatoms. The molecule has 28 heavy (non-hydrogen) atoms. The number of carbonyl (C=O) groups is 3. The van der Waals surface area contributed by atoms with Crippen molar-refractivity contribution in [2.75, 3.05) is 11.9 Å². The van der Waals surface area contributed by atoms with Crippen LogP contribution in [0.2, 0.25) is 0 Å².